The summed E-state index contributed by atoms with van der Waals surface area (Å²) in [6.07, 6.45) is 0. The second kappa shape index (κ2) is 4.25. The topological polar surface area (TPSA) is 18.5 Å². The van der Waals surface area contributed by atoms with Crippen molar-refractivity contribution >= 4 is 18.3 Å². The van der Waals surface area contributed by atoms with Crippen molar-refractivity contribution in [3.63, 3.8) is 0 Å². The van der Waals surface area contributed by atoms with Crippen molar-refractivity contribution in [2.75, 3.05) is 7.11 Å². The zero-order valence-electron chi connectivity index (χ0n) is 5.97. The van der Waals surface area contributed by atoms with Gasteiger partial charge in [0.2, 0.25) is 0 Å². The molecule has 0 aliphatic heterocycles. The van der Waals surface area contributed by atoms with E-state index in [1.165, 1.54) is 0 Å². The van der Waals surface area contributed by atoms with Crippen LogP contribution >= 0.6 is 0 Å². The van der Waals surface area contributed by atoms with Crippen LogP contribution in [-0.2, 0) is 8.54 Å². The monoisotopic (exact) mass is 150 g/mol. The summed E-state index contributed by atoms with van der Waals surface area (Å²) >= 11 is 0. The molecule has 0 saturated heterocycles. The van der Waals surface area contributed by atoms with Crippen LogP contribution < -0.4 is 0 Å². The van der Waals surface area contributed by atoms with E-state index in [2.05, 4.69) is 13.1 Å². The molecule has 1 atom stereocenters. The molecule has 0 heterocycles. The summed E-state index contributed by atoms with van der Waals surface area (Å²) in [4.78, 5) is 0. The van der Waals surface area contributed by atoms with E-state index in [4.69, 9.17) is 8.54 Å². The van der Waals surface area contributed by atoms with Gasteiger partial charge in [-0.1, -0.05) is 0 Å². The van der Waals surface area contributed by atoms with Crippen LogP contribution in [0.15, 0.2) is 0 Å². The zero-order valence-corrected chi connectivity index (χ0v) is 8.28. The minimum absolute atomic E-state index is 0.809. The van der Waals surface area contributed by atoms with Crippen LogP contribution in [0.4, 0.5) is 0 Å². The number of hydrogen-bond donors (Lipinski definition) is 0. The van der Waals surface area contributed by atoms with Gasteiger partial charge in [-0.15, -0.1) is 0 Å². The fraction of sp³-hybridized carbons (Fsp3) is 1.00. The van der Waals surface area contributed by atoms with E-state index in [0.29, 0.717) is 0 Å². The highest BCUT2D eigenvalue weighted by Gasteiger charge is 2.04. The van der Waals surface area contributed by atoms with Gasteiger partial charge in [0.25, 0.3) is 0 Å². The van der Waals surface area contributed by atoms with Gasteiger partial charge in [-0.3, -0.25) is 0 Å². The van der Waals surface area contributed by atoms with Crippen LogP contribution in [0.5, 0.6) is 0 Å². The molecule has 1 unspecified atom stereocenters. The van der Waals surface area contributed by atoms with Gasteiger partial charge < -0.3 is 8.54 Å². The molecule has 0 radical (unpaired) electrons. The van der Waals surface area contributed by atoms with Crippen LogP contribution in [0.2, 0.25) is 19.6 Å². The van der Waals surface area contributed by atoms with Gasteiger partial charge >= 0.3 is 9.28 Å². The predicted octanol–water partition coefficient (Wildman–Crippen LogP) is 0.483. The predicted molar refractivity (Wildman–Crippen MR) is 40.0 cm³/mol. The van der Waals surface area contributed by atoms with Gasteiger partial charge in [-0.2, -0.15) is 0 Å². The first-order valence-electron chi connectivity index (χ1n) is 2.85. The maximum atomic E-state index is 5.45. The van der Waals surface area contributed by atoms with Gasteiger partial charge in [0.1, 0.15) is 0 Å². The van der Waals surface area contributed by atoms with E-state index < -0.39 is 18.3 Å². The molecule has 0 aliphatic carbocycles. The van der Waals surface area contributed by atoms with Crippen LogP contribution in [-0.4, -0.2) is 25.4 Å². The lowest BCUT2D eigenvalue weighted by Crippen LogP contribution is -2.23. The van der Waals surface area contributed by atoms with Crippen molar-refractivity contribution in [2.24, 2.45) is 0 Å². The highest BCUT2D eigenvalue weighted by atomic mass is 28.4. The Balaban J connectivity index is 3.10. The van der Waals surface area contributed by atoms with Crippen LogP contribution in [0.1, 0.15) is 0 Å². The van der Waals surface area contributed by atoms with Crippen LogP contribution in [0.3, 0.4) is 0 Å². The van der Waals surface area contributed by atoms with Crippen molar-refractivity contribution in [1.29, 1.82) is 0 Å². The summed E-state index contributed by atoms with van der Waals surface area (Å²) < 4.78 is 10.5. The highest BCUT2D eigenvalue weighted by Crippen LogP contribution is 1.89. The molecule has 2 nitrogen and oxygen atoms in total. The van der Waals surface area contributed by atoms with E-state index >= 15 is 0 Å². The molecule has 0 N–H and O–H groups in total. The second-order valence-electron chi connectivity index (χ2n) is 1.99. The molecule has 0 aliphatic rings. The SMILES string of the molecule is CO[SiH](C)O[SiH](C)C. The van der Waals surface area contributed by atoms with Crippen LogP contribution in [0.25, 0.3) is 0 Å². The number of hydrogen-bond acceptors (Lipinski definition) is 2. The third kappa shape index (κ3) is 4.51. The fourth-order valence-electron chi connectivity index (χ4n) is 0.439. The Kier molecular flexibility index (Phi) is 4.44. The van der Waals surface area contributed by atoms with Crippen molar-refractivity contribution < 1.29 is 8.54 Å². The quantitative estimate of drug-likeness (QED) is 0.545. The normalized spacial score (nSPS) is 14.6. The van der Waals surface area contributed by atoms with Gasteiger partial charge in [0.05, 0.1) is 0 Å². The summed E-state index contributed by atoms with van der Waals surface area (Å²) in [5, 5.41) is 0. The minimum Gasteiger partial charge on any atom is -0.441 e. The Labute approximate surface area is 54.4 Å². The molecule has 0 aromatic heterocycles. The van der Waals surface area contributed by atoms with Crippen molar-refractivity contribution in [2.45, 2.75) is 19.6 Å². The van der Waals surface area contributed by atoms with Gasteiger partial charge in [0.15, 0.2) is 9.04 Å². The third-order valence-corrected chi connectivity index (χ3v) is 5.17. The Morgan fingerprint density at radius 1 is 1.12 bits per heavy atom. The molecule has 0 aromatic carbocycles. The molecule has 50 valence electrons. The third-order valence-electron chi connectivity index (χ3n) is 0.796. The van der Waals surface area contributed by atoms with Crippen LogP contribution in [0, 0.1) is 0 Å². The second-order valence-corrected chi connectivity index (χ2v) is 6.78. The lowest BCUT2D eigenvalue weighted by atomic mass is 11.8. The fourth-order valence-corrected chi connectivity index (χ4v) is 3.95. The molecule has 8 heavy (non-hydrogen) atoms. The van der Waals surface area contributed by atoms with Gasteiger partial charge in [-0.05, 0) is 19.6 Å². The molecule has 0 amide bonds. The molecular weight excluding hydrogens is 136 g/mol. The summed E-state index contributed by atoms with van der Waals surface area (Å²) in [5.74, 6) is 0. The maximum Gasteiger partial charge on any atom is 0.307 e. The summed E-state index contributed by atoms with van der Waals surface area (Å²) in [6, 6.07) is 0. The van der Waals surface area contributed by atoms with Crippen molar-refractivity contribution in [3.8, 4) is 0 Å². The molecular formula is C4H14O2Si2. The average molecular weight is 150 g/mol. The minimum atomic E-state index is -1.18. The number of rotatable bonds is 3. The molecule has 0 bridgehead atoms. The van der Waals surface area contributed by atoms with Gasteiger partial charge in [-0.25, -0.2) is 0 Å². The average Bonchev–Trinajstić information content (AvgIpc) is 1.65. The smallest absolute Gasteiger partial charge is 0.307 e. The summed E-state index contributed by atoms with van der Waals surface area (Å²) in [5.41, 5.74) is 0. The highest BCUT2D eigenvalue weighted by molar-refractivity contribution is 6.60. The molecule has 0 fully saturated rings. The summed E-state index contributed by atoms with van der Waals surface area (Å²) in [6.45, 7) is 6.36. The summed E-state index contributed by atoms with van der Waals surface area (Å²) in [7, 11) is -0.271. The lowest BCUT2D eigenvalue weighted by Gasteiger charge is -2.10. The van der Waals surface area contributed by atoms with Crippen molar-refractivity contribution in [3.05, 3.63) is 0 Å². The largest absolute Gasteiger partial charge is 0.441 e. The first kappa shape index (κ1) is 8.35. The van der Waals surface area contributed by atoms with E-state index in [9.17, 15) is 0 Å². The van der Waals surface area contributed by atoms with E-state index in [-0.39, 0.29) is 0 Å². The maximum absolute atomic E-state index is 5.45. The Morgan fingerprint density at radius 2 is 1.62 bits per heavy atom. The molecule has 0 aromatic rings. The molecule has 0 saturated carbocycles. The van der Waals surface area contributed by atoms with Crippen molar-refractivity contribution in [1.82, 2.24) is 0 Å². The zero-order chi connectivity index (χ0) is 6.57. The molecule has 4 heteroatoms. The van der Waals surface area contributed by atoms with E-state index in [1.54, 1.807) is 7.11 Å². The van der Waals surface area contributed by atoms with E-state index in [0.717, 1.165) is 0 Å². The molecule has 0 rings (SSSR count). The molecule has 0 spiro atoms. The van der Waals surface area contributed by atoms with E-state index in [1.807, 2.05) is 6.55 Å². The Morgan fingerprint density at radius 3 is 1.75 bits per heavy atom. The first-order chi connectivity index (χ1) is 3.66. The van der Waals surface area contributed by atoms with Gasteiger partial charge in [0, 0.05) is 7.11 Å². The Bertz CT molecular complexity index is 58.0. The lowest BCUT2D eigenvalue weighted by molar-refractivity contribution is 0.345. The first-order valence-corrected chi connectivity index (χ1v) is 7.73. The Hall–Kier alpha value is 0.354. The standard InChI is InChI=1S/C4H14O2Si2/c1-5-8(4)6-7(2)3/h7-8H,1-4H3.